The van der Waals surface area contributed by atoms with Gasteiger partial charge in [-0.1, -0.05) is 24.3 Å². The Balaban J connectivity index is 2.08. The van der Waals surface area contributed by atoms with Gasteiger partial charge in [0.2, 0.25) is 5.91 Å². The van der Waals surface area contributed by atoms with Crippen LogP contribution in [0.2, 0.25) is 0 Å². The van der Waals surface area contributed by atoms with Crippen LogP contribution in [0.5, 0.6) is 0 Å². The van der Waals surface area contributed by atoms with Crippen molar-refractivity contribution in [2.45, 2.75) is 26.3 Å². The second-order valence-corrected chi connectivity index (χ2v) is 7.16. The maximum absolute atomic E-state index is 12.6. The summed E-state index contributed by atoms with van der Waals surface area (Å²) in [7, 11) is 0. The first-order valence-corrected chi connectivity index (χ1v) is 9.84. The van der Waals surface area contributed by atoms with Crippen molar-refractivity contribution in [3.05, 3.63) is 59.2 Å². The number of benzene rings is 2. The molecule has 0 saturated carbocycles. The van der Waals surface area contributed by atoms with Gasteiger partial charge in [0.1, 0.15) is 0 Å². The lowest BCUT2D eigenvalue weighted by Crippen LogP contribution is -2.36. The van der Waals surface area contributed by atoms with E-state index in [2.05, 4.69) is 10.6 Å². The Labute approximate surface area is 158 Å². The highest BCUT2D eigenvalue weighted by Crippen LogP contribution is 2.21. The number of aryl methyl sites for hydroxylation is 2. The van der Waals surface area contributed by atoms with Gasteiger partial charge in [-0.25, -0.2) is 0 Å². The Bertz CT molecular complexity index is 772. The van der Waals surface area contributed by atoms with Crippen molar-refractivity contribution in [1.82, 2.24) is 0 Å². The van der Waals surface area contributed by atoms with Crippen LogP contribution in [0.4, 0.5) is 11.4 Å². The standard InChI is InChI=1S/C20H25N3O2S/c1-13-6-4-7-14(2)18(13)23-19(24)15-8-5-9-16(12-15)22-20(25)17(21)10-11-26-3/h4-9,12,17H,10-11,21H2,1-3H3,(H,22,25)(H,23,24)/t17-/m0/s1. The summed E-state index contributed by atoms with van der Waals surface area (Å²) in [6, 6.07) is 12.2. The molecule has 0 aromatic heterocycles. The molecule has 1 atom stereocenters. The first-order chi connectivity index (χ1) is 12.4. The third-order valence-corrected chi connectivity index (χ3v) is 4.73. The average molecular weight is 372 g/mol. The molecule has 0 aliphatic heterocycles. The third-order valence-electron chi connectivity index (χ3n) is 4.08. The fraction of sp³-hybridized carbons (Fsp3) is 0.300. The lowest BCUT2D eigenvalue weighted by atomic mass is 10.1. The summed E-state index contributed by atoms with van der Waals surface area (Å²) in [5.41, 5.74) is 9.73. The quantitative estimate of drug-likeness (QED) is 0.695. The van der Waals surface area contributed by atoms with E-state index < -0.39 is 6.04 Å². The SMILES string of the molecule is CSCC[C@H](N)C(=O)Nc1cccc(C(=O)Nc2c(C)cccc2C)c1. The van der Waals surface area contributed by atoms with E-state index in [4.69, 9.17) is 5.73 Å². The fourth-order valence-corrected chi connectivity index (χ4v) is 3.04. The van der Waals surface area contributed by atoms with E-state index in [1.165, 1.54) is 0 Å². The molecule has 0 heterocycles. The molecule has 2 amide bonds. The van der Waals surface area contributed by atoms with Crippen molar-refractivity contribution >= 4 is 35.0 Å². The number of carbonyl (C=O) groups is 2. The summed E-state index contributed by atoms with van der Waals surface area (Å²) in [5, 5.41) is 5.73. The van der Waals surface area contributed by atoms with Crippen LogP contribution in [0.1, 0.15) is 27.9 Å². The molecule has 0 spiro atoms. The Kier molecular flexibility index (Phi) is 7.24. The van der Waals surface area contributed by atoms with E-state index in [1.807, 2.05) is 38.3 Å². The van der Waals surface area contributed by atoms with Crippen LogP contribution in [0, 0.1) is 13.8 Å². The van der Waals surface area contributed by atoms with Gasteiger partial charge in [0.25, 0.3) is 5.91 Å². The molecule has 5 nitrogen and oxygen atoms in total. The van der Waals surface area contributed by atoms with Gasteiger partial charge in [0, 0.05) is 16.9 Å². The van der Waals surface area contributed by atoms with Crippen LogP contribution in [0.3, 0.4) is 0 Å². The molecule has 0 fully saturated rings. The third kappa shape index (κ3) is 5.34. The predicted octanol–water partition coefficient (Wildman–Crippen LogP) is 3.57. The molecule has 138 valence electrons. The molecule has 0 aliphatic rings. The molecular weight excluding hydrogens is 346 g/mol. The minimum absolute atomic E-state index is 0.217. The molecule has 4 N–H and O–H groups in total. The molecule has 2 aromatic carbocycles. The summed E-state index contributed by atoms with van der Waals surface area (Å²) >= 11 is 1.65. The molecule has 0 saturated heterocycles. The van der Waals surface area contributed by atoms with Gasteiger partial charge in [0.05, 0.1) is 6.04 Å². The van der Waals surface area contributed by atoms with Crippen molar-refractivity contribution in [1.29, 1.82) is 0 Å². The maximum atomic E-state index is 12.6. The highest BCUT2D eigenvalue weighted by atomic mass is 32.2. The van der Waals surface area contributed by atoms with Crippen LogP contribution in [0.25, 0.3) is 0 Å². The number of nitrogens with two attached hydrogens (primary N) is 1. The number of anilines is 2. The van der Waals surface area contributed by atoms with Gasteiger partial charge in [-0.2, -0.15) is 11.8 Å². The molecule has 26 heavy (non-hydrogen) atoms. The van der Waals surface area contributed by atoms with Crippen molar-refractivity contribution in [2.75, 3.05) is 22.6 Å². The summed E-state index contributed by atoms with van der Waals surface area (Å²) in [5.74, 6) is 0.365. The number of hydrogen-bond acceptors (Lipinski definition) is 4. The number of para-hydroxylation sites is 1. The number of nitrogens with one attached hydrogen (secondary N) is 2. The molecule has 0 aliphatic carbocycles. The zero-order valence-electron chi connectivity index (χ0n) is 15.3. The first kappa shape index (κ1) is 20.0. The highest BCUT2D eigenvalue weighted by Gasteiger charge is 2.14. The molecule has 0 unspecified atom stereocenters. The van der Waals surface area contributed by atoms with Crippen LogP contribution >= 0.6 is 11.8 Å². The molecule has 0 radical (unpaired) electrons. The van der Waals surface area contributed by atoms with Gasteiger partial charge in [-0.3, -0.25) is 9.59 Å². The number of thioether (sulfide) groups is 1. The molecule has 2 aromatic rings. The topological polar surface area (TPSA) is 84.2 Å². The van der Waals surface area contributed by atoms with Crippen LogP contribution < -0.4 is 16.4 Å². The number of amides is 2. The van der Waals surface area contributed by atoms with E-state index in [0.29, 0.717) is 17.7 Å². The molecule has 0 bridgehead atoms. The smallest absolute Gasteiger partial charge is 0.255 e. The Morgan fingerprint density at radius 1 is 1.08 bits per heavy atom. The number of carbonyl (C=O) groups excluding carboxylic acids is 2. The summed E-state index contributed by atoms with van der Waals surface area (Å²) < 4.78 is 0. The van der Waals surface area contributed by atoms with Gasteiger partial charge < -0.3 is 16.4 Å². The maximum Gasteiger partial charge on any atom is 0.255 e. The van der Waals surface area contributed by atoms with Gasteiger partial charge in [-0.15, -0.1) is 0 Å². The van der Waals surface area contributed by atoms with Crippen molar-refractivity contribution in [2.24, 2.45) is 5.73 Å². The zero-order valence-corrected chi connectivity index (χ0v) is 16.2. The molecule has 2 rings (SSSR count). The van der Waals surface area contributed by atoms with Crippen molar-refractivity contribution in [3.63, 3.8) is 0 Å². The predicted molar refractivity (Wildman–Crippen MR) is 110 cm³/mol. The zero-order chi connectivity index (χ0) is 19.1. The molecule has 6 heteroatoms. The van der Waals surface area contributed by atoms with E-state index in [1.54, 1.807) is 36.0 Å². The van der Waals surface area contributed by atoms with E-state index in [9.17, 15) is 9.59 Å². The van der Waals surface area contributed by atoms with Crippen molar-refractivity contribution in [3.8, 4) is 0 Å². The fourth-order valence-electron chi connectivity index (χ4n) is 2.55. The lowest BCUT2D eigenvalue weighted by Gasteiger charge is -2.14. The van der Waals surface area contributed by atoms with E-state index in [-0.39, 0.29) is 11.8 Å². The largest absolute Gasteiger partial charge is 0.325 e. The summed E-state index contributed by atoms with van der Waals surface area (Å²) in [6.45, 7) is 3.91. The lowest BCUT2D eigenvalue weighted by molar-refractivity contribution is -0.117. The van der Waals surface area contributed by atoms with Crippen LogP contribution in [-0.2, 0) is 4.79 Å². The number of hydrogen-bond donors (Lipinski definition) is 3. The second kappa shape index (κ2) is 9.40. The Hall–Kier alpha value is -2.31. The monoisotopic (exact) mass is 371 g/mol. The van der Waals surface area contributed by atoms with Crippen LogP contribution in [0.15, 0.2) is 42.5 Å². The van der Waals surface area contributed by atoms with Gasteiger partial charge in [0.15, 0.2) is 0 Å². The van der Waals surface area contributed by atoms with E-state index >= 15 is 0 Å². The Morgan fingerprint density at radius 2 is 1.73 bits per heavy atom. The normalized spacial score (nSPS) is 11.7. The highest BCUT2D eigenvalue weighted by molar-refractivity contribution is 7.98. The Morgan fingerprint density at radius 3 is 2.38 bits per heavy atom. The van der Waals surface area contributed by atoms with Crippen LogP contribution in [-0.4, -0.2) is 29.9 Å². The average Bonchev–Trinajstić information content (AvgIpc) is 2.62. The minimum Gasteiger partial charge on any atom is -0.325 e. The second-order valence-electron chi connectivity index (χ2n) is 6.18. The molecular formula is C20H25N3O2S. The number of rotatable bonds is 7. The minimum atomic E-state index is -0.561. The van der Waals surface area contributed by atoms with E-state index in [0.717, 1.165) is 22.6 Å². The van der Waals surface area contributed by atoms with Gasteiger partial charge >= 0.3 is 0 Å². The van der Waals surface area contributed by atoms with Gasteiger partial charge in [-0.05, 0) is 61.6 Å². The first-order valence-electron chi connectivity index (χ1n) is 8.45. The summed E-state index contributed by atoms with van der Waals surface area (Å²) in [4.78, 5) is 24.7. The summed E-state index contributed by atoms with van der Waals surface area (Å²) in [6.07, 6.45) is 2.59. The van der Waals surface area contributed by atoms with Crippen molar-refractivity contribution < 1.29 is 9.59 Å².